The standard InChI is InChI=1S/C11H12Br2N2O2/c1-3-17-10(16)4-7(2)15-11-9(13)5-8(12)6-14-11/h4-6H,3H2,1-2H3,(H,14,15). The number of aromatic nitrogens is 1. The lowest BCUT2D eigenvalue weighted by Crippen LogP contribution is -2.05. The van der Waals surface area contributed by atoms with Gasteiger partial charge >= 0.3 is 5.97 Å². The Hall–Kier alpha value is -0.880. The van der Waals surface area contributed by atoms with Gasteiger partial charge in [0.05, 0.1) is 11.1 Å². The molecule has 1 rings (SSSR count). The molecular weight excluding hydrogens is 352 g/mol. The average molecular weight is 364 g/mol. The van der Waals surface area contributed by atoms with E-state index >= 15 is 0 Å². The molecule has 0 bridgehead atoms. The zero-order chi connectivity index (χ0) is 12.8. The summed E-state index contributed by atoms with van der Waals surface area (Å²) in [7, 11) is 0. The zero-order valence-electron chi connectivity index (χ0n) is 9.46. The first-order valence-electron chi connectivity index (χ1n) is 4.96. The highest BCUT2D eigenvalue weighted by Crippen LogP contribution is 2.24. The molecule has 92 valence electrons. The summed E-state index contributed by atoms with van der Waals surface area (Å²) in [4.78, 5) is 15.4. The van der Waals surface area contributed by atoms with Gasteiger partial charge < -0.3 is 10.1 Å². The lowest BCUT2D eigenvalue weighted by Gasteiger charge is -2.07. The molecule has 0 aliphatic heterocycles. The molecule has 0 radical (unpaired) electrons. The number of halogens is 2. The summed E-state index contributed by atoms with van der Waals surface area (Å²) in [6.07, 6.45) is 3.06. The Labute approximate surface area is 117 Å². The van der Waals surface area contributed by atoms with Crippen molar-refractivity contribution in [1.29, 1.82) is 0 Å². The number of nitrogens with one attached hydrogen (secondary N) is 1. The van der Waals surface area contributed by atoms with Gasteiger partial charge in [0.15, 0.2) is 0 Å². The predicted molar refractivity (Wildman–Crippen MR) is 73.6 cm³/mol. The molecule has 0 spiro atoms. The van der Waals surface area contributed by atoms with Gasteiger partial charge in [-0.2, -0.15) is 0 Å². The van der Waals surface area contributed by atoms with Gasteiger partial charge in [-0.1, -0.05) is 0 Å². The van der Waals surface area contributed by atoms with Gasteiger partial charge in [-0.15, -0.1) is 0 Å². The molecule has 0 aliphatic carbocycles. The van der Waals surface area contributed by atoms with E-state index in [2.05, 4.69) is 42.2 Å². The van der Waals surface area contributed by atoms with E-state index in [0.717, 1.165) is 8.95 Å². The minimum absolute atomic E-state index is 0.364. The van der Waals surface area contributed by atoms with Crippen molar-refractivity contribution in [2.24, 2.45) is 0 Å². The summed E-state index contributed by atoms with van der Waals surface area (Å²) in [6, 6.07) is 1.87. The predicted octanol–water partition coefficient (Wildman–Crippen LogP) is 3.49. The number of hydrogen-bond donors (Lipinski definition) is 1. The Morgan fingerprint density at radius 3 is 2.88 bits per heavy atom. The Kier molecular flexibility index (Phi) is 5.64. The first kappa shape index (κ1) is 14.2. The van der Waals surface area contributed by atoms with Gasteiger partial charge in [0.25, 0.3) is 0 Å². The smallest absolute Gasteiger partial charge is 0.332 e. The van der Waals surface area contributed by atoms with Gasteiger partial charge in [-0.3, -0.25) is 0 Å². The van der Waals surface area contributed by atoms with E-state index in [-0.39, 0.29) is 5.97 Å². The lowest BCUT2D eigenvalue weighted by atomic mass is 10.4. The molecule has 0 unspecified atom stereocenters. The van der Waals surface area contributed by atoms with Crippen LogP contribution in [0, 0.1) is 0 Å². The first-order chi connectivity index (χ1) is 8.02. The SMILES string of the molecule is CCOC(=O)C=C(C)Nc1ncc(Br)cc1Br. The summed E-state index contributed by atoms with van der Waals surface area (Å²) in [6.45, 7) is 3.90. The average Bonchev–Trinajstić information content (AvgIpc) is 2.22. The second-order valence-electron chi connectivity index (χ2n) is 3.19. The van der Waals surface area contributed by atoms with E-state index in [1.165, 1.54) is 6.08 Å². The molecular formula is C11H12Br2N2O2. The summed E-state index contributed by atoms with van der Waals surface area (Å²) in [5.41, 5.74) is 0.666. The van der Waals surface area contributed by atoms with E-state index in [1.807, 2.05) is 6.07 Å². The molecule has 0 saturated carbocycles. The molecule has 0 aromatic carbocycles. The van der Waals surface area contributed by atoms with Crippen LogP contribution in [0.25, 0.3) is 0 Å². The van der Waals surface area contributed by atoms with Gasteiger partial charge in [0.2, 0.25) is 0 Å². The van der Waals surface area contributed by atoms with Crippen molar-refractivity contribution >= 4 is 43.6 Å². The maximum atomic E-state index is 11.2. The molecule has 0 saturated heterocycles. The minimum Gasteiger partial charge on any atom is -0.463 e. The number of hydrogen-bond acceptors (Lipinski definition) is 4. The van der Waals surface area contributed by atoms with E-state index in [9.17, 15) is 4.79 Å². The highest BCUT2D eigenvalue weighted by molar-refractivity contribution is 9.11. The van der Waals surface area contributed by atoms with E-state index in [4.69, 9.17) is 4.74 Å². The largest absolute Gasteiger partial charge is 0.463 e. The molecule has 0 aliphatic rings. The number of carbonyl (C=O) groups is 1. The fourth-order valence-corrected chi connectivity index (χ4v) is 2.18. The van der Waals surface area contributed by atoms with Crippen LogP contribution in [0.3, 0.4) is 0 Å². The number of ether oxygens (including phenoxy) is 1. The van der Waals surface area contributed by atoms with Gasteiger partial charge in [0.1, 0.15) is 5.82 Å². The van der Waals surface area contributed by atoms with Crippen molar-refractivity contribution in [3.8, 4) is 0 Å². The Morgan fingerprint density at radius 1 is 1.59 bits per heavy atom. The van der Waals surface area contributed by atoms with E-state index < -0.39 is 0 Å². The second kappa shape index (κ2) is 6.76. The third-order valence-corrected chi connectivity index (χ3v) is 2.78. The van der Waals surface area contributed by atoms with Crippen molar-refractivity contribution in [3.63, 3.8) is 0 Å². The number of anilines is 1. The summed E-state index contributed by atoms with van der Waals surface area (Å²) < 4.78 is 6.49. The van der Waals surface area contributed by atoms with E-state index in [1.54, 1.807) is 20.0 Å². The number of esters is 1. The highest BCUT2D eigenvalue weighted by atomic mass is 79.9. The molecule has 0 atom stereocenters. The fourth-order valence-electron chi connectivity index (χ4n) is 1.09. The Bertz CT molecular complexity index is 447. The highest BCUT2D eigenvalue weighted by Gasteiger charge is 2.04. The van der Waals surface area contributed by atoms with Gasteiger partial charge in [0, 0.05) is 22.4 Å². The van der Waals surface area contributed by atoms with Crippen molar-refractivity contribution < 1.29 is 9.53 Å². The maximum Gasteiger partial charge on any atom is 0.332 e. The second-order valence-corrected chi connectivity index (χ2v) is 4.96. The maximum absolute atomic E-state index is 11.2. The molecule has 0 amide bonds. The van der Waals surface area contributed by atoms with Crippen molar-refractivity contribution in [3.05, 3.63) is 33.0 Å². The molecule has 1 aromatic heterocycles. The minimum atomic E-state index is -0.370. The molecule has 6 heteroatoms. The van der Waals surface area contributed by atoms with Crippen LogP contribution >= 0.6 is 31.9 Å². The fraction of sp³-hybridized carbons (Fsp3) is 0.273. The zero-order valence-corrected chi connectivity index (χ0v) is 12.6. The molecule has 0 fully saturated rings. The third kappa shape index (κ3) is 4.87. The Balaban J connectivity index is 2.74. The molecule has 1 N–H and O–H groups in total. The van der Waals surface area contributed by atoms with Gasteiger partial charge in [-0.05, 0) is 51.8 Å². The van der Waals surface area contributed by atoms with Crippen LogP contribution in [0.5, 0.6) is 0 Å². The topological polar surface area (TPSA) is 51.2 Å². The van der Waals surface area contributed by atoms with Crippen molar-refractivity contribution in [1.82, 2.24) is 4.98 Å². The number of nitrogens with zero attached hydrogens (tertiary/aromatic N) is 1. The summed E-state index contributed by atoms with van der Waals surface area (Å²) in [5, 5.41) is 3.01. The van der Waals surface area contributed by atoms with Crippen LogP contribution in [0.4, 0.5) is 5.82 Å². The Morgan fingerprint density at radius 2 is 2.29 bits per heavy atom. The summed E-state index contributed by atoms with van der Waals surface area (Å²) in [5.74, 6) is 0.275. The van der Waals surface area contributed by atoms with Crippen LogP contribution < -0.4 is 5.32 Å². The molecule has 17 heavy (non-hydrogen) atoms. The first-order valence-corrected chi connectivity index (χ1v) is 6.54. The van der Waals surface area contributed by atoms with Crippen molar-refractivity contribution in [2.45, 2.75) is 13.8 Å². The van der Waals surface area contributed by atoms with Crippen LogP contribution in [0.15, 0.2) is 33.0 Å². The third-order valence-electron chi connectivity index (χ3n) is 1.74. The van der Waals surface area contributed by atoms with Crippen LogP contribution in [-0.2, 0) is 9.53 Å². The lowest BCUT2D eigenvalue weighted by molar-refractivity contribution is -0.137. The van der Waals surface area contributed by atoms with Gasteiger partial charge in [-0.25, -0.2) is 9.78 Å². The monoisotopic (exact) mass is 362 g/mol. The number of allylic oxidation sites excluding steroid dienone is 1. The van der Waals surface area contributed by atoms with Crippen molar-refractivity contribution in [2.75, 3.05) is 11.9 Å². The normalized spacial score (nSPS) is 11.2. The number of rotatable bonds is 4. The van der Waals surface area contributed by atoms with E-state index in [0.29, 0.717) is 18.1 Å². The quantitative estimate of drug-likeness (QED) is 0.657. The molecule has 4 nitrogen and oxygen atoms in total. The molecule has 1 heterocycles. The molecule has 1 aromatic rings. The van der Waals surface area contributed by atoms with Crippen LogP contribution in [0.2, 0.25) is 0 Å². The number of pyridine rings is 1. The summed E-state index contributed by atoms with van der Waals surface area (Å²) >= 11 is 6.69. The number of carbonyl (C=O) groups excluding carboxylic acids is 1. The van der Waals surface area contributed by atoms with Crippen LogP contribution in [-0.4, -0.2) is 17.6 Å². The van der Waals surface area contributed by atoms with Crippen LogP contribution in [0.1, 0.15) is 13.8 Å².